The number of hydrogen-bond acceptors (Lipinski definition) is 4. The Morgan fingerprint density at radius 2 is 2.10 bits per heavy atom. The summed E-state index contributed by atoms with van der Waals surface area (Å²) in [7, 11) is 0. The number of nitrogens with one attached hydrogen (secondary N) is 1. The van der Waals surface area contributed by atoms with Crippen molar-refractivity contribution in [3.8, 4) is 6.07 Å². The molecule has 0 bridgehead atoms. The van der Waals surface area contributed by atoms with Crippen molar-refractivity contribution in [1.82, 2.24) is 4.98 Å². The maximum absolute atomic E-state index is 8.92. The van der Waals surface area contributed by atoms with Crippen molar-refractivity contribution in [2.45, 2.75) is 0 Å². The minimum atomic E-state index is 0.556. The minimum absolute atomic E-state index is 0.556. The van der Waals surface area contributed by atoms with Gasteiger partial charge in [-0.25, -0.2) is 4.98 Å². The molecule has 0 spiro atoms. The zero-order valence-corrected chi connectivity index (χ0v) is 13.2. The quantitative estimate of drug-likeness (QED) is 0.669. The van der Waals surface area contributed by atoms with Crippen molar-refractivity contribution in [2.75, 3.05) is 5.32 Å². The van der Waals surface area contributed by atoms with E-state index in [2.05, 4.69) is 32.3 Å². The second-order valence-corrected chi connectivity index (χ2v) is 6.42. The van der Waals surface area contributed by atoms with Gasteiger partial charge in [-0.2, -0.15) is 5.26 Å². The third-order valence-corrected chi connectivity index (χ3v) is 4.44. The molecule has 1 heterocycles. The van der Waals surface area contributed by atoms with E-state index in [4.69, 9.17) is 16.9 Å². The van der Waals surface area contributed by atoms with Crippen molar-refractivity contribution in [1.29, 1.82) is 5.26 Å². The van der Waals surface area contributed by atoms with Gasteiger partial charge < -0.3 is 5.32 Å². The zero-order valence-electron chi connectivity index (χ0n) is 10.0. The lowest BCUT2D eigenvalue weighted by Gasteiger charge is -2.04. The van der Waals surface area contributed by atoms with Gasteiger partial charge in [0.05, 0.1) is 32.6 Å². The molecular weight excluding hydrogens is 358 g/mol. The largest absolute Gasteiger partial charge is 0.330 e. The Kier molecular flexibility index (Phi) is 3.62. The molecule has 0 fully saturated rings. The lowest BCUT2D eigenvalue weighted by atomic mass is 10.2. The Morgan fingerprint density at radius 3 is 2.90 bits per heavy atom. The third kappa shape index (κ3) is 2.63. The van der Waals surface area contributed by atoms with Crippen molar-refractivity contribution in [3.63, 3.8) is 0 Å². The fourth-order valence-corrected chi connectivity index (χ4v) is 3.35. The SMILES string of the molecule is N#Cc1ccc(Cl)c(Nc2nc3ccc(Br)cc3s2)c1. The lowest BCUT2D eigenvalue weighted by molar-refractivity contribution is 1.43. The Bertz CT molecular complexity index is 838. The average Bonchev–Trinajstić information content (AvgIpc) is 2.82. The standard InChI is InChI=1S/C14H7BrClN3S/c15-9-2-4-11-13(6-9)20-14(18-11)19-12-5-8(7-17)1-3-10(12)16/h1-6H,(H,18,19). The van der Waals surface area contributed by atoms with Gasteiger partial charge >= 0.3 is 0 Å². The van der Waals surface area contributed by atoms with Crippen LogP contribution in [0.25, 0.3) is 10.2 Å². The Morgan fingerprint density at radius 1 is 1.25 bits per heavy atom. The average molecular weight is 365 g/mol. The molecule has 0 aliphatic heterocycles. The van der Waals surface area contributed by atoms with Crippen LogP contribution in [0.15, 0.2) is 40.9 Å². The molecule has 0 unspecified atom stereocenters. The molecule has 3 rings (SSSR count). The van der Waals surface area contributed by atoms with E-state index < -0.39 is 0 Å². The van der Waals surface area contributed by atoms with Crippen LogP contribution in [0.1, 0.15) is 5.56 Å². The van der Waals surface area contributed by atoms with E-state index in [9.17, 15) is 0 Å². The van der Waals surface area contributed by atoms with Gasteiger partial charge in [-0.05, 0) is 36.4 Å². The molecule has 0 aliphatic carbocycles. The summed E-state index contributed by atoms with van der Waals surface area (Å²) in [6.45, 7) is 0. The molecule has 0 aliphatic rings. The first-order valence-electron chi connectivity index (χ1n) is 5.68. The number of hydrogen-bond donors (Lipinski definition) is 1. The molecule has 0 radical (unpaired) electrons. The summed E-state index contributed by atoms with van der Waals surface area (Å²) in [5.74, 6) is 0. The van der Waals surface area contributed by atoms with Gasteiger partial charge in [-0.1, -0.05) is 38.9 Å². The van der Waals surface area contributed by atoms with Gasteiger partial charge in [0.2, 0.25) is 0 Å². The Hall–Kier alpha value is -1.61. The number of anilines is 2. The fraction of sp³-hybridized carbons (Fsp3) is 0. The summed E-state index contributed by atoms with van der Waals surface area (Å²) < 4.78 is 2.10. The van der Waals surface area contributed by atoms with E-state index in [0.717, 1.165) is 19.8 Å². The predicted octanol–water partition coefficient (Wildman–Crippen LogP) is 5.33. The predicted molar refractivity (Wildman–Crippen MR) is 86.8 cm³/mol. The second-order valence-electron chi connectivity index (χ2n) is 4.06. The van der Waals surface area contributed by atoms with Crippen LogP contribution in [0.5, 0.6) is 0 Å². The topological polar surface area (TPSA) is 48.7 Å². The highest BCUT2D eigenvalue weighted by atomic mass is 79.9. The molecular formula is C14H7BrClN3S. The first-order valence-corrected chi connectivity index (χ1v) is 7.67. The maximum atomic E-state index is 8.92. The van der Waals surface area contributed by atoms with Crippen LogP contribution in [0, 0.1) is 11.3 Å². The lowest BCUT2D eigenvalue weighted by Crippen LogP contribution is -1.91. The van der Waals surface area contributed by atoms with Gasteiger partial charge in [-0.3, -0.25) is 0 Å². The van der Waals surface area contributed by atoms with Crippen LogP contribution in [-0.2, 0) is 0 Å². The monoisotopic (exact) mass is 363 g/mol. The summed E-state index contributed by atoms with van der Waals surface area (Å²) >= 11 is 11.1. The third-order valence-electron chi connectivity index (χ3n) is 2.69. The number of halogens is 2. The molecule has 2 aromatic carbocycles. The molecule has 3 nitrogen and oxygen atoms in total. The first-order chi connectivity index (χ1) is 9.65. The molecule has 0 saturated carbocycles. The summed E-state index contributed by atoms with van der Waals surface area (Å²) in [4.78, 5) is 4.49. The summed E-state index contributed by atoms with van der Waals surface area (Å²) in [6.07, 6.45) is 0. The van der Waals surface area contributed by atoms with Crippen LogP contribution in [0.4, 0.5) is 10.8 Å². The summed E-state index contributed by atoms with van der Waals surface area (Å²) in [6, 6.07) is 13.1. The number of nitrogens with zero attached hydrogens (tertiary/aromatic N) is 2. The van der Waals surface area contributed by atoms with E-state index in [1.165, 1.54) is 11.3 Å². The van der Waals surface area contributed by atoms with Gasteiger partial charge in [0.1, 0.15) is 0 Å². The van der Waals surface area contributed by atoms with Crippen molar-refractivity contribution < 1.29 is 0 Å². The zero-order chi connectivity index (χ0) is 14.1. The Labute approximate surface area is 133 Å². The van der Waals surface area contributed by atoms with Gasteiger partial charge in [0.15, 0.2) is 5.13 Å². The van der Waals surface area contributed by atoms with Crippen molar-refractivity contribution in [3.05, 3.63) is 51.5 Å². The summed E-state index contributed by atoms with van der Waals surface area (Å²) in [5.41, 5.74) is 2.16. The highest BCUT2D eigenvalue weighted by molar-refractivity contribution is 9.10. The van der Waals surface area contributed by atoms with E-state index >= 15 is 0 Å². The molecule has 0 saturated heterocycles. The van der Waals surface area contributed by atoms with Gasteiger partial charge in [0.25, 0.3) is 0 Å². The minimum Gasteiger partial charge on any atom is -0.330 e. The molecule has 0 amide bonds. The van der Waals surface area contributed by atoms with Crippen LogP contribution < -0.4 is 5.32 Å². The molecule has 6 heteroatoms. The van der Waals surface area contributed by atoms with Crippen molar-refractivity contribution in [2.24, 2.45) is 0 Å². The first kappa shape index (κ1) is 13.4. The number of rotatable bonds is 2. The molecule has 20 heavy (non-hydrogen) atoms. The van der Waals surface area contributed by atoms with Gasteiger partial charge in [0, 0.05) is 4.47 Å². The fourth-order valence-electron chi connectivity index (χ4n) is 1.76. The van der Waals surface area contributed by atoms with E-state index in [-0.39, 0.29) is 0 Å². The van der Waals surface area contributed by atoms with Crippen LogP contribution >= 0.6 is 38.9 Å². The smallest absolute Gasteiger partial charge is 0.188 e. The van der Waals surface area contributed by atoms with E-state index in [0.29, 0.717) is 16.3 Å². The number of thiazole rings is 1. The number of nitriles is 1. The molecule has 1 N–H and O–H groups in total. The van der Waals surface area contributed by atoms with Crippen molar-refractivity contribution >= 4 is 59.9 Å². The Balaban J connectivity index is 1.99. The van der Waals surface area contributed by atoms with Crippen LogP contribution in [-0.4, -0.2) is 4.98 Å². The second kappa shape index (κ2) is 5.41. The normalized spacial score (nSPS) is 10.4. The highest BCUT2D eigenvalue weighted by Gasteiger charge is 2.07. The molecule has 1 aromatic heterocycles. The number of aromatic nitrogens is 1. The highest BCUT2D eigenvalue weighted by Crippen LogP contribution is 2.32. The molecule has 0 atom stereocenters. The maximum Gasteiger partial charge on any atom is 0.188 e. The van der Waals surface area contributed by atoms with Crippen LogP contribution in [0.3, 0.4) is 0 Å². The van der Waals surface area contributed by atoms with E-state index in [1.807, 2.05) is 18.2 Å². The number of fused-ring (bicyclic) bond motifs is 1. The van der Waals surface area contributed by atoms with Gasteiger partial charge in [-0.15, -0.1) is 0 Å². The van der Waals surface area contributed by atoms with E-state index in [1.54, 1.807) is 18.2 Å². The summed E-state index contributed by atoms with van der Waals surface area (Å²) in [5, 5.41) is 13.4. The number of benzene rings is 2. The molecule has 3 aromatic rings. The molecule has 98 valence electrons. The van der Waals surface area contributed by atoms with Crippen LogP contribution in [0.2, 0.25) is 5.02 Å².